The first-order valence-corrected chi connectivity index (χ1v) is 11.2. The molecule has 9 nitrogen and oxygen atoms in total. The molecule has 1 saturated heterocycles. The molecule has 0 radical (unpaired) electrons. The molecule has 0 saturated carbocycles. The monoisotopic (exact) mass is 520 g/mol. The van der Waals surface area contributed by atoms with Crippen molar-refractivity contribution < 1.29 is 40.2 Å². The molecule has 1 aliphatic heterocycles. The minimum Gasteiger partial charge on any atom is -0.759 e. The number of H-pyrrole nitrogens is 1. The lowest BCUT2D eigenvalue weighted by atomic mass is 9.77. The van der Waals surface area contributed by atoms with E-state index in [9.17, 15) is 30.7 Å². The Bertz CT molecular complexity index is 1290. The molecule has 1 aromatic carbocycles. The minimum absolute atomic E-state index is 0.0271. The molecule has 0 aliphatic carbocycles. The fraction of sp³-hybridized carbons (Fsp3) is 0.400. The maximum Gasteiger partial charge on any atom is 0.417 e. The highest BCUT2D eigenvalue weighted by molar-refractivity contribution is 7.77. The number of halogens is 5. The molecule has 15 heteroatoms. The lowest BCUT2D eigenvalue weighted by Gasteiger charge is -2.32. The van der Waals surface area contributed by atoms with Crippen LogP contribution in [0.3, 0.4) is 0 Å². The number of nitrogens with zero attached hydrogens (tertiary/aromatic N) is 2. The van der Waals surface area contributed by atoms with Gasteiger partial charge in [-0.05, 0) is 19.1 Å². The third kappa shape index (κ3) is 4.22. The highest BCUT2D eigenvalue weighted by Crippen LogP contribution is 2.59. The molecule has 5 atom stereocenters. The Morgan fingerprint density at radius 1 is 1.29 bits per heavy atom. The van der Waals surface area contributed by atoms with E-state index in [1.54, 1.807) is 0 Å². The average Bonchev–Trinajstić information content (AvgIpc) is 3.34. The number of rotatable bonds is 6. The summed E-state index contributed by atoms with van der Waals surface area (Å²) in [5.41, 5.74) is 0.0414. The first-order chi connectivity index (χ1) is 16.4. The number of aromatic nitrogens is 3. The van der Waals surface area contributed by atoms with Crippen LogP contribution < -0.4 is 15.0 Å². The fourth-order valence-electron chi connectivity index (χ4n) is 4.32. The maximum absolute atomic E-state index is 14.5. The largest absolute Gasteiger partial charge is 0.759 e. The van der Waals surface area contributed by atoms with Crippen LogP contribution in [0.5, 0.6) is 5.75 Å². The quantitative estimate of drug-likeness (QED) is 0.257. The summed E-state index contributed by atoms with van der Waals surface area (Å²) in [6.45, 7) is 2.17. The Morgan fingerprint density at radius 3 is 2.63 bits per heavy atom. The number of benzene rings is 1. The number of alkyl halides is 3. The number of imidazole rings is 1. The third-order valence-corrected chi connectivity index (χ3v) is 6.52. The standard InChI is InChI=1S/C20H20F5N5O4S/c1-8-12(9-4-5-10(21)13(22)15(9)33-3)16(34-19(8,2)20(23,24)25)18-27-11-6-7-26-17(14(11)28-18)29-30-35(31)32/h4-8,12,16,30H,1-3H3,(H,26,29)(H,27,28)(H,31,32)/p-1/t8-,12-,16+,19+/m0/s1. The van der Waals surface area contributed by atoms with Gasteiger partial charge in [0.1, 0.15) is 17.4 Å². The van der Waals surface area contributed by atoms with Gasteiger partial charge in [0.05, 0.1) is 12.6 Å². The minimum atomic E-state index is -4.81. The van der Waals surface area contributed by atoms with Crippen LogP contribution in [-0.4, -0.2) is 42.6 Å². The molecule has 3 N–H and O–H groups in total. The number of hydrogen-bond acceptors (Lipinski definition) is 7. The second-order valence-electron chi connectivity index (χ2n) is 8.08. The van der Waals surface area contributed by atoms with E-state index in [0.717, 1.165) is 26.2 Å². The van der Waals surface area contributed by atoms with E-state index in [-0.39, 0.29) is 22.7 Å². The second-order valence-corrected chi connectivity index (χ2v) is 8.75. The van der Waals surface area contributed by atoms with Crippen LogP contribution >= 0.6 is 0 Å². The van der Waals surface area contributed by atoms with E-state index in [1.807, 2.05) is 4.83 Å². The predicted molar refractivity (Wildman–Crippen MR) is 113 cm³/mol. The maximum atomic E-state index is 14.5. The number of hydrogen-bond donors (Lipinski definition) is 3. The van der Waals surface area contributed by atoms with Crippen LogP contribution in [0.15, 0.2) is 24.4 Å². The van der Waals surface area contributed by atoms with Gasteiger partial charge in [0.25, 0.3) is 0 Å². The summed E-state index contributed by atoms with van der Waals surface area (Å²) in [5.74, 6) is -5.63. The number of nitrogens with one attached hydrogen (secondary N) is 3. The molecule has 190 valence electrons. The Balaban J connectivity index is 1.88. The molecule has 3 heterocycles. The van der Waals surface area contributed by atoms with Gasteiger partial charge in [0.2, 0.25) is 5.82 Å². The normalized spacial score (nSPS) is 25.7. The van der Waals surface area contributed by atoms with Crippen LogP contribution in [0.4, 0.5) is 27.8 Å². The van der Waals surface area contributed by atoms with Gasteiger partial charge in [-0.3, -0.25) is 9.63 Å². The van der Waals surface area contributed by atoms with Gasteiger partial charge in [0, 0.05) is 34.9 Å². The highest BCUT2D eigenvalue weighted by Gasteiger charge is 2.65. The summed E-state index contributed by atoms with van der Waals surface area (Å²) in [7, 11) is 1.08. The Hall–Kier alpha value is -2.88. The molecular weight excluding hydrogens is 501 g/mol. The first kappa shape index (κ1) is 25.2. The lowest BCUT2D eigenvalue weighted by molar-refractivity contribution is -0.275. The highest BCUT2D eigenvalue weighted by atomic mass is 32.2. The Labute approximate surface area is 197 Å². The van der Waals surface area contributed by atoms with E-state index >= 15 is 0 Å². The van der Waals surface area contributed by atoms with E-state index in [2.05, 4.69) is 20.4 Å². The van der Waals surface area contributed by atoms with Crippen molar-refractivity contribution in [3.05, 3.63) is 47.4 Å². The van der Waals surface area contributed by atoms with Crippen molar-refractivity contribution in [2.24, 2.45) is 5.92 Å². The molecule has 0 spiro atoms. The topological polar surface area (TPSA) is 124 Å². The number of hydrazine groups is 1. The smallest absolute Gasteiger partial charge is 0.417 e. The summed E-state index contributed by atoms with van der Waals surface area (Å²) >= 11 is -2.69. The van der Waals surface area contributed by atoms with Crippen molar-refractivity contribution >= 4 is 28.1 Å². The van der Waals surface area contributed by atoms with Gasteiger partial charge in [-0.15, -0.1) is 0 Å². The Morgan fingerprint density at radius 2 is 2.00 bits per heavy atom. The first-order valence-electron chi connectivity index (χ1n) is 10.1. The number of ether oxygens (including phenoxy) is 2. The summed E-state index contributed by atoms with van der Waals surface area (Å²) < 4.78 is 103. The van der Waals surface area contributed by atoms with Crippen LogP contribution in [0.2, 0.25) is 0 Å². The van der Waals surface area contributed by atoms with Crippen LogP contribution in [-0.2, 0) is 16.0 Å². The summed E-state index contributed by atoms with van der Waals surface area (Å²) in [5, 5.41) is 0. The van der Waals surface area contributed by atoms with Crippen molar-refractivity contribution in [3.8, 4) is 5.75 Å². The molecule has 1 fully saturated rings. The van der Waals surface area contributed by atoms with E-state index in [1.165, 1.54) is 19.2 Å². The van der Waals surface area contributed by atoms with E-state index < -0.39 is 58.4 Å². The number of methoxy groups -OCH3 is 1. The number of aromatic amines is 1. The molecule has 0 bridgehead atoms. The van der Waals surface area contributed by atoms with Crippen molar-refractivity contribution in [1.82, 2.24) is 19.8 Å². The van der Waals surface area contributed by atoms with Gasteiger partial charge in [-0.25, -0.2) is 14.4 Å². The zero-order valence-electron chi connectivity index (χ0n) is 18.4. The van der Waals surface area contributed by atoms with Crippen LogP contribution in [0.1, 0.15) is 37.3 Å². The fourth-order valence-corrected chi connectivity index (χ4v) is 4.50. The summed E-state index contributed by atoms with van der Waals surface area (Å²) in [6.07, 6.45) is -4.89. The molecule has 4 rings (SSSR count). The van der Waals surface area contributed by atoms with Gasteiger partial charge in [-0.2, -0.15) is 22.4 Å². The molecule has 35 heavy (non-hydrogen) atoms. The zero-order chi connectivity index (χ0) is 25.7. The number of fused-ring (bicyclic) bond motifs is 1. The molecule has 1 aliphatic rings. The molecule has 2 aromatic heterocycles. The summed E-state index contributed by atoms with van der Waals surface area (Å²) in [6, 6.07) is 3.43. The SMILES string of the molecule is COc1c([C@H]2[C@H](c3nc4c(NNS(=O)[O-])nccc4[nH]3)O[C@@](C)(C(F)(F)F)[C@H]2C)ccc(F)c1F. The van der Waals surface area contributed by atoms with Crippen molar-refractivity contribution in [2.75, 3.05) is 12.5 Å². The van der Waals surface area contributed by atoms with Crippen LogP contribution in [0.25, 0.3) is 11.0 Å². The van der Waals surface area contributed by atoms with Crippen LogP contribution in [0, 0.1) is 17.6 Å². The van der Waals surface area contributed by atoms with Gasteiger partial charge < -0.3 is 19.0 Å². The number of anilines is 1. The van der Waals surface area contributed by atoms with Gasteiger partial charge >= 0.3 is 6.18 Å². The van der Waals surface area contributed by atoms with E-state index in [4.69, 9.17) is 9.47 Å². The Kier molecular flexibility index (Phi) is 6.46. The average molecular weight is 520 g/mol. The van der Waals surface area contributed by atoms with Crippen molar-refractivity contribution in [3.63, 3.8) is 0 Å². The molecule has 0 amide bonds. The lowest BCUT2D eigenvalue weighted by Crippen LogP contribution is -2.46. The van der Waals surface area contributed by atoms with E-state index in [0.29, 0.717) is 5.52 Å². The predicted octanol–water partition coefficient (Wildman–Crippen LogP) is 3.77. The molecule has 3 aromatic rings. The second kappa shape index (κ2) is 8.96. The third-order valence-electron chi connectivity index (χ3n) is 6.25. The van der Waals surface area contributed by atoms with Crippen molar-refractivity contribution in [2.45, 2.75) is 37.6 Å². The van der Waals surface area contributed by atoms with Gasteiger partial charge in [-0.1, -0.05) is 13.0 Å². The molecular formula is C20H19F5N5O4S-. The van der Waals surface area contributed by atoms with Gasteiger partial charge in [0.15, 0.2) is 23.0 Å². The number of pyridine rings is 1. The molecule has 1 unspecified atom stereocenters. The zero-order valence-corrected chi connectivity index (χ0v) is 19.2. The van der Waals surface area contributed by atoms with Crippen molar-refractivity contribution in [1.29, 1.82) is 0 Å². The summed E-state index contributed by atoms with van der Waals surface area (Å²) in [4.78, 5) is 13.0.